The number of primary amides is 1. The first-order chi connectivity index (χ1) is 9.70. The van der Waals surface area contributed by atoms with Gasteiger partial charge in [0.15, 0.2) is 5.82 Å². The summed E-state index contributed by atoms with van der Waals surface area (Å²) in [5, 5.41) is 7.27. The van der Waals surface area contributed by atoms with Gasteiger partial charge in [0, 0.05) is 18.9 Å². The number of carbonyl (C=O) groups is 1. The minimum Gasteiger partial charge on any atom is -0.364 e. The summed E-state index contributed by atoms with van der Waals surface area (Å²) in [5.74, 6) is 0.126. The van der Waals surface area contributed by atoms with Crippen LogP contribution in [0.25, 0.3) is 11.5 Å². The molecule has 7 nitrogen and oxygen atoms in total. The SMILES string of the molecule is CNCc1c(-n2ccc(C(N)=O)n2)nc2ccccn12. The summed E-state index contributed by atoms with van der Waals surface area (Å²) in [7, 11) is 1.87. The highest BCUT2D eigenvalue weighted by atomic mass is 16.1. The van der Waals surface area contributed by atoms with E-state index in [1.807, 2.05) is 35.8 Å². The first-order valence-electron chi connectivity index (χ1n) is 6.17. The summed E-state index contributed by atoms with van der Waals surface area (Å²) in [6.07, 6.45) is 3.62. The second-order valence-electron chi connectivity index (χ2n) is 4.35. The Kier molecular flexibility index (Phi) is 2.96. The molecule has 1 amide bonds. The first-order valence-corrected chi connectivity index (χ1v) is 6.17. The van der Waals surface area contributed by atoms with Crippen molar-refractivity contribution in [2.24, 2.45) is 5.73 Å². The summed E-state index contributed by atoms with van der Waals surface area (Å²) in [5.41, 5.74) is 7.23. The van der Waals surface area contributed by atoms with Gasteiger partial charge in [0.05, 0.1) is 5.69 Å². The van der Waals surface area contributed by atoms with Crippen molar-refractivity contribution in [3.63, 3.8) is 0 Å². The van der Waals surface area contributed by atoms with Crippen LogP contribution in [0.1, 0.15) is 16.2 Å². The van der Waals surface area contributed by atoms with Crippen LogP contribution in [0.15, 0.2) is 36.7 Å². The monoisotopic (exact) mass is 270 g/mol. The van der Waals surface area contributed by atoms with Crippen LogP contribution in [-0.2, 0) is 6.54 Å². The number of nitrogens with one attached hydrogen (secondary N) is 1. The molecular weight excluding hydrogens is 256 g/mol. The number of amides is 1. The standard InChI is InChI=1S/C13H14N6O/c1-15-8-10-13(16-11-4-2-3-6-18(10)11)19-7-5-9(17-19)12(14)20/h2-7,15H,8H2,1H3,(H2,14,20). The molecule has 0 aliphatic carbocycles. The third-order valence-electron chi connectivity index (χ3n) is 3.01. The minimum atomic E-state index is -0.553. The maximum Gasteiger partial charge on any atom is 0.269 e. The molecule has 102 valence electrons. The van der Waals surface area contributed by atoms with Gasteiger partial charge >= 0.3 is 0 Å². The van der Waals surface area contributed by atoms with Crippen LogP contribution in [0, 0.1) is 0 Å². The lowest BCUT2D eigenvalue weighted by Crippen LogP contribution is -2.14. The quantitative estimate of drug-likeness (QED) is 0.715. The Morgan fingerprint density at radius 3 is 2.90 bits per heavy atom. The van der Waals surface area contributed by atoms with Gasteiger partial charge in [-0.2, -0.15) is 5.10 Å². The maximum atomic E-state index is 11.1. The molecule has 0 saturated heterocycles. The molecule has 20 heavy (non-hydrogen) atoms. The molecule has 3 aromatic rings. The molecule has 0 aliphatic rings. The van der Waals surface area contributed by atoms with Crippen molar-refractivity contribution in [1.29, 1.82) is 0 Å². The van der Waals surface area contributed by atoms with Crippen molar-refractivity contribution in [2.75, 3.05) is 7.05 Å². The Morgan fingerprint density at radius 1 is 1.35 bits per heavy atom. The highest BCUT2D eigenvalue weighted by molar-refractivity contribution is 5.90. The third kappa shape index (κ3) is 1.94. The van der Waals surface area contributed by atoms with E-state index in [2.05, 4.69) is 15.4 Å². The van der Waals surface area contributed by atoms with Crippen molar-refractivity contribution in [3.05, 3.63) is 48.0 Å². The van der Waals surface area contributed by atoms with Crippen LogP contribution >= 0.6 is 0 Å². The zero-order chi connectivity index (χ0) is 14.1. The van der Waals surface area contributed by atoms with Gasteiger partial charge in [-0.3, -0.25) is 4.79 Å². The highest BCUT2D eigenvalue weighted by Gasteiger charge is 2.15. The minimum absolute atomic E-state index is 0.220. The third-order valence-corrected chi connectivity index (χ3v) is 3.01. The second-order valence-corrected chi connectivity index (χ2v) is 4.35. The number of hydrogen-bond donors (Lipinski definition) is 2. The summed E-state index contributed by atoms with van der Waals surface area (Å²) < 4.78 is 3.55. The van der Waals surface area contributed by atoms with Crippen molar-refractivity contribution in [1.82, 2.24) is 24.5 Å². The zero-order valence-corrected chi connectivity index (χ0v) is 10.9. The molecule has 7 heteroatoms. The molecule has 0 fully saturated rings. The van der Waals surface area contributed by atoms with Gasteiger partial charge in [-0.1, -0.05) is 6.07 Å². The normalized spacial score (nSPS) is 11.1. The van der Waals surface area contributed by atoms with Gasteiger partial charge in [-0.25, -0.2) is 9.67 Å². The molecular formula is C13H14N6O. The Balaban J connectivity index is 2.18. The number of hydrogen-bond acceptors (Lipinski definition) is 4. The molecule has 3 heterocycles. The maximum absolute atomic E-state index is 11.1. The summed E-state index contributed by atoms with van der Waals surface area (Å²) in [6, 6.07) is 7.36. The Morgan fingerprint density at radius 2 is 2.20 bits per heavy atom. The number of pyridine rings is 1. The lowest BCUT2D eigenvalue weighted by molar-refractivity contribution is 0.0995. The number of nitrogens with zero attached hydrogens (tertiary/aromatic N) is 4. The van der Waals surface area contributed by atoms with E-state index < -0.39 is 5.91 Å². The van der Waals surface area contributed by atoms with Gasteiger partial charge in [0.1, 0.15) is 11.3 Å². The van der Waals surface area contributed by atoms with Crippen LogP contribution < -0.4 is 11.1 Å². The van der Waals surface area contributed by atoms with E-state index in [1.54, 1.807) is 16.9 Å². The lowest BCUT2D eigenvalue weighted by Gasteiger charge is -2.03. The summed E-state index contributed by atoms with van der Waals surface area (Å²) in [6.45, 7) is 0.631. The number of imidazole rings is 1. The molecule has 0 radical (unpaired) electrons. The van der Waals surface area contributed by atoms with Crippen molar-refractivity contribution in [2.45, 2.75) is 6.54 Å². The topological polar surface area (TPSA) is 90.2 Å². The van der Waals surface area contributed by atoms with E-state index in [0.29, 0.717) is 12.4 Å². The number of rotatable bonds is 4. The van der Waals surface area contributed by atoms with Crippen LogP contribution in [0.5, 0.6) is 0 Å². The summed E-state index contributed by atoms with van der Waals surface area (Å²) in [4.78, 5) is 15.7. The fourth-order valence-electron chi connectivity index (χ4n) is 2.12. The molecule has 3 N–H and O–H groups in total. The average molecular weight is 270 g/mol. The molecule has 3 aromatic heterocycles. The van der Waals surface area contributed by atoms with Crippen LogP contribution in [0.4, 0.5) is 0 Å². The average Bonchev–Trinajstić information content (AvgIpc) is 3.04. The number of nitrogens with two attached hydrogens (primary N) is 1. The highest BCUT2D eigenvalue weighted by Crippen LogP contribution is 2.16. The Labute approximate surface area is 115 Å². The van der Waals surface area contributed by atoms with Crippen LogP contribution in [0.2, 0.25) is 0 Å². The zero-order valence-electron chi connectivity index (χ0n) is 10.9. The van der Waals surface area contributed by atoms with E-state index in [0.717, 1.165) is 11.3 Å². The first kappa shape index (κ1) is 12.4. The van der Waals surface area contributed by atoms with Gasteiger partial charge in [-0.05, 0) is 25.2 Å². The van der Waals surface area contributed by atoms with Gasteiger partial charge < -0.3 is 15.5 Å². The molecule has 3 rings (SSSR count). The fraction of sp³-hybridized carbons (Fsp3) is 0.154. The predicted molar refractivity (Wildman–Crippen MR) is 73.6 cm³/mol. The smallest absolute Gasteiger partial charge is 0.269 e. The van der Waals surface area contributed by atoms with Crippen molar-refractivity contribution >= 4 is 11.6 Å². The van der Waals surface area contributed by atoms with Crippen molar-refractivity contribution in [3.8, 4) is 5.82 Å². The molecule has 0 aliphatic heterocycles. The predicted octanol–water partition coefficient (Wildman–Crippen LogP) is 0.338. The van der Waals surface area contributed by atoms with Gasteiger partial charge in [0.25, 0.3) is 5.91 Å². The largest absolute Gasteiger partial charge is 0.364 e. The van der Waals surface area contributed by atoms with Crippen LogP contribution in [-0.4, -0.2) is 32.1 Å². The molecule has 0 saturated carbocycles. The van der Waals surface area contributed by atoms with Gasteiger partial charge in [0.2, 0.25) is 0 Å². The molecule has 0 unspecified atom stereocenters. The Hall–Kier alpha value is -2.67. The lowest BCUT2D eigenvalue weighted by atomic mass is 10.4. The van der Waals surface area contributed by atoms with Crippen molar-refractivity contribution < 1.29 is 4.79 Å². The fourth-order valence-corrected chi connectivity index (χ4v) is 2.12. The molecule has 0 spiro atoms. The van der Waals surface area contributed by atoms with E-state index in [9.17, 15) is 4.79 Å². The van der Waals surface area contributed by atoms with Crippen LogP contribution in [0.3, 0.4) is 0 Å². The molecule has 0 aromatic carbocycles. The number of fused-ring (bicyclic) bond motifs is 1. The molecule has 0 bridgehead atoms. The summed E-state index contributed by atoms with van der Waals surface area (Å²) >= 11 is 0. The number of carbonyl (C=O) groups excluding carboxylic acids is 1. The van der Waals surface area contributed by atoms with E-state index in [4.69, 9.17) is 5.73 Å². The van der Waals surface area contributed by atoms with E-state index in [-0.39, 0.29) is 5.69 Å². The van der Waals surface area contributed by atoms with Gasteiger partial charge in [-0.15, -0.1) is 0 Å². The Bertz CT molecular complexity index is 772. The molecule has 0 atom stereocenters. The van der Waals surface area contributed by atoms with E-state index >= 15 is 0 Å². The van der Waals surface area contributed by atoms with E-state index in [1.165, 1.54) is 0 Å². The number of aromatic nitrogens is 4. The second kappa shape index (κ2) is 4.78.